The predicted octanol–water partition coefficient (Wildman–Crippen LogP) is 3.18. The molecule has 0 fully saturated rings. The molecule has 0 radical (unpaired) electrons. The second-order valence-electron chi connectivity index (χ2n) is 4.31. The summed E-state index contributed by atoms with van der Waals surface area (Å²) in [7, 11) is 1.81. The Kier molecular flexibility index (Phi) is 3.32. The predicted molar refractivity (Wildman–Crippen MR) is 66.3 cm³/mol. The van der Waals surface area contributed by atoms with Crippen LogP contribution in [0, 0.1) is 18.6 Å². The molecular formula is C13H15F2N3. The first-order valence-corrected chi connectivity index (χ1v) is 5.69. The summed E-state index contributed by atoms with van der Waals surface area (Å²) in [5.74, 6) is -1.19. The molecular weight excluding hydrogens is 236 g/mol. The van der Waals surface area contributed by atoms with Crippen LogP contribution in [0.3, 0.4) is 0 Å². The monoisotopic (exact) mass is 251 g/mol. The summed E-state index contributed by atoms with van der Waals surface area (Å²) in [6, 6.07) is 3.59. The molecule has 1 atom stereocenters. The smallest absolute Gasteiger partial charge is 0.149 e. The van der Waals surface area contributed by atoms with Crippen molar-refractivity contribution in [1.82, 2.24) is 9.78 Å². The van der Waals surface area contributed by atoms with Crippen LogP contribution in [0.2, 0.25) is 0 Å². The van der Waals surface area contributed by atoms with Crippen LogP contribution < -0.4 is 5.32 Å². The number of anilines is 1. The van der Waals surface area contributed by atoms with Gasteiger partial charge >= 0.3 is 0 Å². The van der Waals surface area contributed by atoms with Crippen LogP contribution >= 0.6 is 0 Å². The van der Waals surface area contributed by atoms with Crippen LogP contribution in [-0.2, 0) is 7.05 Å². The molecule has 5 heteroatoms. The Hall–Kier alpha value is -1.91. The van der Waals surface area contributed by atoms with E-state index in [-0.39, 0.29) is 11.7 Å². The Bertz CT molecular complexity index is 543. The molecule has 1 unspecified atom stereocenters. The number of nitrogens with zero attached hydrogens (tertiary/aromatic N) is 2. The van der Waals surface area contributed by atoms with Crippen LogP contribution in [0.1, 0.15) is 24.2 Å². The van der Waals surface area contributed by atoms with Crippen molar-refractivity contribution in [2.24, 2.45) is 7.05 Å². The van der Waals surface area contributed by atoms with E-state index in [1.165, 1.54) is 18.2 Å². The normalized spacial score (nSPS) is 12.5. The molecule has 0 aliphatic rings. The SMILES string of the molecule is Cc1nn(C)cc1C(C)Nc1c(F)cccc1F. The maximum absolute atomic E-state index is 13.5. The van der Waals surface area contributed by atoms with Crippen LogP contribution in [0.25, 0.3) is 0 Å². The lowest BCUT2D eigenvalue weighted by atomic mass is 10.1. The van der Waals surface area contributed by atoms with Crippen molar-refractivity contribution >= 4 is 5.69 Å². The van der Waals surface area contributed by atoms with Gasteiger partial charge in [-0.15, -0.1) is 0 Å². The molecule has 1 heterocycles. The van der Waals surface area contributed by atoms with E-state index in [0.717, 1.165) is 11.3 Å². The first kappa shape index (κ1) is 12.5. The Morgan fingerprint density at radius 2 is 1.89 bits per heavy atom. The lowest BCUT2D eigenvalue weighted by molar-refractivity contribution is 0.584. The van der Waals surface area contributed by atoms with Gasteiger partial charge in [-0.05, 0) is 26.0 Å². The molecule has 96 valence electrons. The highest BCUT2D eigenvalue weighted by Crippen LogP contribution is 2.25. The van der Waals surface area contributed by atoms with Crippen molar-refractivity contribution in [1.29, 1.82) is 0 Å². The second kappa shape index (κ2) is 4.76. The lowest BCUT2D eigenvalue weighted by Crippen LogP contribution is -2.10. The standard InChI is InChI=1S/C13H15F2N3/c1-8(10-7-18(3)17-9(10)2)16-13-11(14)5-4-6-12(13)15/h4-8,16H,1-3H3. The Labute approximate surface area is 104 Å². The van der Waals surface area contributed by atoms with E-state index in [0.29, 0.717) is 0 Å². The first-order valence-electron chi connectivity index (χ1n) is 5.69. The number of nitrogens with one attached hydrogen (secondary N) is 1. The van der Waals surface area contributed by atoms with Gasteiger partial charge in [-0.3, -0.25) is 4.68 Å². The van der Waals surface area contributed by atoms with E-state index in [4.69, 9.17) is 0 Å². The minimum Gasteiger partial charge on any atom is -0.374 e. The number of hydrogen-bond acceptors (Lipinski definition) is 2. The van der Waals surface area contributed by atoms with Crippen molar-refractivity contribution in [3.05, 3.63) is 47.3 Å². The molecule has 1 aromatic carbocycles. The number of para-hydroxylation sites is 1. The highest BCUT2D eigenvalue weighted by molar-refractivity contribution is 5.48. The van der Waals surface area contributed by atoms with Gasteiger partial charge in [0.1, 0.15) is 17.3 Å². The van der Waals surface area contributed by atoms with Gasteiger partial charge in [0.15, 0.2) is 0 Å². The van der Waals surface area contributed by atoms with E-state index in [9.17, 15) is 8.78 Å². The van der Waals surface area contributed by atoms with E-state index in [2.05, 4.69) is 10.4 Å². The molecule has 18 heavy (non-hydrogen) atoms. The summed E-state index contributed by atoms with van der Waals surface area (Å²) in [6.07, 6.45) is 1.84. The van der Waals surface area contributed by atoms with Gasteiger partial charge in [0, 0.05) is 18.8 Å². The largest absolute Gasteiger partial charge is 0.374 e. The van der Waals surface area contributed by atoms with Crippen molar-refractivity contribution in [2.75, 3.05) is 5.32 Å². The molecule has 0 saturated heterocycles. The summed E-state index contributed by atoms with van der Waals surface area (Å²) >= 11 is 0. The van der Waals surface area contributed by atoms with Gasteiger partial charge in [-0.25, -0.2) is 8.78 Å². The van der Waals surface area contributed by atoms with Crippen molar-refractivity contribution < 1.29 is 8.78 Å². The zero-order valence-corrected chi connectivity index (χ0v) is 10.5. The van der Waals surface area contributed by atoms with Gasteiger partial charge in [-0.1, -0.05) is 6.07 Å². The summed E-state index contributed by atoms with van der Waals surface area (Å²) in [4.78, 5) is 0. The van der Waals surface area contributed by atoms with E-state index < -0.39 is 11.6 Å². The third-order valence-electron chi connectivity index (χ3n) is 2.84. The maximum atomic E-state index is 13.5. The van der Waals surface area contributed by atoms with Crippen LogP contribution in [-0.4, -0.2) is 9.78 Å². The van der Waals surface area contributed by atoms with Gasteiger partial charge in [0.25, 0.3) is 0 Å². The molecule has 0 bridgehead atoms. The fourth-order valence-corrected chi connectivity index (χ4v) is 1.97. The average Bonchev–Trinajstić information content (AvgIpc) is 2.63. The van der Waals surface area contributed by atoms with Crippen LogP contribution in [0.15, 0.2) is 24.4 Å². The average molecular weight is 251 g/mol. The fourth-order valence-electron chi connectivity index (χ4n) is 1.97. The summed E-state index contributed by atoms with van der Waals surface area (Å²) in [6.45, 7) is 3.71. The zero-order valence-electron chi connectivity index (χ0n) is 10.5. The van der Waals surface area contributed by atoms with Crippen LogP contribution in [0.4, 0.5) is 14.5 Å². The van der Waals surface area contributed by atoms with Gasteiger partial charge in [0.05, 0.1) is 11.7 Å². The van der Waals surface area contributed by atoms with Crippen molar-refractivity contribution in [3.8, 4) is 0 Å². The molecule has 1 aromatic heterocycles. The third-order valence-corrected chi connectivity index (χ3v) is 2.84. The highest BCUT2D eigenvalue weighted by Gasteiger charge is 2.15. The molecule has 0 saturated carbocycles. The third kappa shape index (κ3) is 2.34. The van der Waals surface area contributed by atoms with Gasteiger partial charge < -0.3 is 5.32 Å². The van der Waals surface area contributed by atoms with Crippen molar-refractivity contribution in [3.63, 3.8) is 0 Å². The number of halogens is 2. The summed E-state index contributed by atoms with van der Waals surface area (Å²) < 4.78 is 28.7. The van der Waals surface area contributed by atoms with Gasteiger partial charge in [0.2, 0.25) is 0 Å². The van der Waals surface area contributed by atoms with Crippen molar-refractivity contribution in [2.45, 2.75) is 19.9 Å². The Morgan fingerprint density at radius 1 is 1.28 bits per heavy atom. The molecule has 2 rings (SSSR count). The number of aryl methyl sites for hydroxylation is 2. The highest BCUT2D eigenvalue weighted by atomic mass is 19.1. The molecule has 1 N–H and O–H groups in total. The second-order valence-corrected chi connectivity index (χ2v) is 4.31. The Morgan fingerprint density at radius 3 is 2.39 bits per heavy atom. The lowest BCUT2D eigenvalue weighted by Gasteiger charge is -2.15. The quantitative estimate of drug-likeness (QED) is 0.908. The van der Waals surface area contributed by atoms with Crippen LogP contribution in [0.5, 0.6) is 0 Å². The molecule has 0 aliphatic carbocycles. The molecule has 0 aliphatic heterocycles. The van der Waals surface area contributed by atoms with Gasteiger partial charge in [-0.2, -0.15) is 5.10 Å². The first-order chi connectivity index (χ1) is 8.49. The minimum absolute atomic E-state index is 0.103. The molecule has 0 spiro atoms. The summed E-state index contributed by atoms with van der Waals surface area (Å²) in [5.41, 5.74) is 1.66. The molecule has 2 aromatic rings. The van der Waals surface area contributed by atoms with E-state index >= 15 is 0 Å². The summed E-state index contributed by atoms with van der Waals surface area (Å²) in [5, 5.41) is 7.05. The minimum atomic E-state index is -0.594. The number of rotatable bonds is 3. The number of hydrogen-bond donors (Lipinski definition) is 1. The van der Waals surface area contributed by atoms with E-state index in [1.54, 1.807) is 4.68 Å². The molecule has 0 amide bonds. The zero-order chi connectivity index (χ0) is 13.3. The number of benzene rings is 1. The fraction of sp³-hybridized carbons (Fsp3) is 0.308. The Balaban J connectivity index is 2.26. The topological polar surface area (TPSA) is 29.9 Å². The molecule has 3 nitrogen and oxygen atoms in total. The number of aromatic nitrogens is 2. The maximum Gasteiger partial charge on any atom is 0.149 e. The van der Waals surface area contributed by atoms with E-state index in [1.807, 2.05) is 27.1 Å².